The van der Waals surface area contributed by atoms with Gasteiger partial charge in [0.25, 0.3) is 5.95 Å². The summed E-state index contributed by atoms with van der Waals surface area (Å²) in [5.74, 6) is 1.50. The third kappa shape index (κ3) is 4.97. The van der Waals surface area contributed by atoms with E-state index >= 15 is 0 Å². The number of aromatic nitrogens is 3. The van der Waals surface area contributed by atoms with Crippen molar-refractivity contribution in [2.45, 2.75) is 0 Å². The van der Waals surface area contributed by atoms with E-state index in [0.717, 1.165) is 44.2 Å². The van der Waals surface area contributed by atoms with Crippen LogP contribution in [-0.2, 0) is 0 Å². The Balaban J connectivity index is 1.33. The summed E-state index contributed by atoms with van der Waals surface area (Å²) >= 11 is 0. The Kier molecular flexibility index (Phi) is 6.12. The lowest BCUT2D eigenvalue weighted by Crippen LogP contribution is -2.46. The number of anilines is 3. The topological polar surface area (TPSA) is 48.4 Å². The molecule has 2 aromatic carbocycles. The maximum absolute atomic E-state index is 4.75. The Morgan fingerprint density at radius 1 is 0.931 bits per heavy atom. The zero-order valence-electron chi connectivity index (χ0n) is 16.7. The summed E-state index contributed by atoms with van der Waals surface area (Å²) in [5, 5.41) is 8.40. The van der Waals surface area contributed by atoms with Crippen LogP contribution in [-0.4, -0.2) is 59.9 Å². The molecule has 1 saturated heterocycles. The molecule has 0 atom stereocenters. The van der Waals surface area contributed by atoms with Gasteiger partial charge in [-0.05, 0) is 17.7 Å². The number of hydrogen-bond donors (Lipinski definition) is 0. The van der Waals surface area contributed by atoms with Gasteiger partial charge < -0.3 is 9.80 Å². The molecule has 29 heavy (non-hydrogen) atoms. The van der Waals surface area contributed by atoms with E-state index in [0.29, 0.717) is 5.95 Å². The van der Waals surface area contributed by atoms with Gasteiger partial charge in [0.15, 0.2) is 5.82 Å². The first-order chi connectivity index (χ1) is 14.3. The second kappa shape index (κ2) is 9.30. The Morgan fingerprint density at radius 2 is 1.62 bits per heavy atom. The van der Waals surface area contributed by atoms with Crippen LogP contribution in [0.25, 0.3) is 6.08 Å². The summed E-state index contributed by atoms with van der Waals surface area (Å²) in [6.07, 6.45) is 6.18. The van der Waals surface area contributed by atoms with Gasteiger partial charge in [0.1, 0.15) is 0 Å². The molecule has 1 aliphatic rings. The van der Waals surface area contributed by atoms with Gasteiger partial charge in [-0.2, -0.15) is 10.1 Å². The predicted octanol–water partition coefficient (Wildman–Crippen LogP) is 3.47. The summed E-state index contributed by atoms with van der Waals surface area (Å²) in [4.78, 5) is 11.5. The van der Waals surface area contributed by atoms with Crippen molar-refractivity contribution in [3.05, 3.63) is 78.5 Å². The fourth-order valence-corrected chi connectivity index (χ4v) is 3.41. The number of piperazine rings is 1. The molecule has 3 aromatic rings. The number of rotatable bonds is 6. The Morgan fingerprint density at radius 3 is 2.34 bits per heavy atom. The van der Waals surface area contributed by atoms with E-state index < -0.39 is 0 Å². The number of para-hydroxylation sites is 1. The number of hydrogen-bond acceptors (Lipinski definition) is 6. The average Bonchev–Trinajstić information content (AvgIpc) is 2.80. The molecule has 0 bridgehead atoms. The first kappa shape index (κ1) is 19.1. The molecule has 0 amide bonds. The highest BCUT2D eigenvalue weighted by Gasteiger charge is 2.19. The van der Waals surface area contributed by atoms with Crippen molar-refractivity contribution in [3.8, 4) is 0 Å². The molecule has 0 unspecified atom stereocenters. The fraction of sp³-hybridized carbons (Fsp3) is 0.261. The second-order valence-electron chi connectivity index (χ2n) is 7.11. The van der Waals surface area contributed by atoms with E-state index in [1.165, 1.54) is 5.56 Å². The van der Waals surface area contributed by atoms with Crippen LogP contribution in [0.5, 0.6) is 0 Å². The molecule has 6 heteroatoms. The van der Waals surface area contributed by atoms with E-state index in [4.69, 9.17) is 4.98 Å². The zero-order valence-corrected chi connectivity index (χ0v) is 16.7. The van der Waals surface area contributed by atoms with E-state index in [1.807, 2.05) is 48.3 Å². The average molecular weight is 387 g/mol. The summed E-state index contributed by atoms with van der Waals surface area (Å²) < 4.78 is 0. The van der Waals surface area contributed by atoms with Gasteiger partial charge in [0.05, 0.1) is 6.20 Å². The highest BCUT2D eigenvalue weighted by molar-refractivity contribution is 5.57. The Labute approximate surface area is 172 Å². The largest absolute Gasteiger partial charge is 0.353 e. The van der Waals surface area contributed by atoms with Crippen LogP contribution in [0.2, 0.25) is 0 Å². The predicted molar refractivity (Wildman–Crippen MR) is 118 cm³/mol. The Hall–Kier alpha value is -3.25. The van der Waals surface area contributed by atoms with Gasteiger partial charge in [0, 0.05) is 45.5 Å². The van der Waals surface area contributed by atoms with Crippen LogP contribution in [0.4, 0.5) is 17.5 Å². The lowest BCUT2D eigenvalue weighted by molar-refractivity contribution is 0.283. The minimum Gasteiger partial charge on any atom is -0.353 e. The minimum absolute atomic E-state index is 0.613. The number of nitrogens with zero attached hydrogens (tertiary/aromatic N) is 6. The van der Waals surface area contributed by atoms with Crippen LogP contribution in [0.15, 0.2) is 72.9 Å². The van der Waals surface area contributed by atoms with E-state index in [1.54, 1.807) is 6.20 Å². The van der Waals surface area contributed by atoms with Gasteiger partial charge >= 0.3 is 0 Å². The molecule has 148 valence electrons. The first-order valence-electron chi connectivity index (χ1n) is 9.97. The highest BCUT2D eigenvalue weighted by atomic mass is 15.4. The molecule has 2 heterocycles. The SMILES string of the molecule is CN(c1ccccc1)c1nncc(N2CCN(C/C=C/c3ccccc3)CC2)n1. The zero-order chi connectivity index (χ0) is 19.9. The summed E-state index contributed by atoms with van der Waals surface area (Å²) in [5.41, 5.74) is 2.29. The third-order valence-corrected chi connectivity index (χ3v) is 5.15. The molecule has 0 saturated carbocycles. The van der Waals surface area contributed by atoms with Crippen molar-refractivity contribution in [1.29, 1.82) is 0 Å². The van der Waals surface area contributed by atoms with Crippen molar-refractivity contribution < 1.29 is 0 Å². The van der Waals surface area contributed by atoms with Crippen LogP contribution < -0.4 is 9.80 Å². The molecule has 1 fully saturated rings. The van der Waals surface area contributed by atoms with Crippen molar-refractivity contribution in [3.63, 3.8) is 0 Å². The molecule has 4 rings (SSSR count). The van der Waals surface area contributed by atoms with Crippen LogP contribution in [0, 0.1) is 0 Å². The fourth-order valence-electron chi connectivity index (χ4n) is 3.41. The second-order valence-corrected chi connectivity index (χ2v) is 7.11. The van der Waals surface area contributed by atoms with Gasteiger partial charge in [-0.3, -0.25) is 4.90 Å². The highest BCUT2D eigenvalue weighted by Crippen LogP contribution is 2.21. The standard InChI is InChI=1S/C23H26N6/c1-27(21-12-6-3-7-13-21)23-25-22(19-24-26-23)29-17-15-28(16-18-29)14-8-11-20-9-4-2-5-10-20/h2-13,19H,14-18H2,1H3/b11-8+. The monoisotopic (exact) mass is 386 g/mol. The maximum Gasteiger partial charge on any atom is 0.251 e. The van der Waals surface area contributed by atoms with Gasteiger partial charge in [-0.15, -0.1) is 5.10 Å². The van der Waals surface area contributed by atoms with Crippen LogP contribution in [0.1, 0.15) is 5.56 Å². The third-order valence-electron chi connectivity index (χ3n) is 5.15. The van der Waals surface area contributed by atoms with Gasteiger partial charge in [-0.25, -0.2) is 0 Å². The molecule has 1 aromatic heterocycles. The quantitative estimate of drug-likeness (QED) is 0.646. The van der Waals surface area contributed by atoms with Crippen LogP contribution >= 0.6 is 0 Å². The van der Waals surface area contributed by atoms with Gasteiger partial charge in [-0.1, -0.05) is 60.7 Å². The molecule has 0 N–H and O–H groups in total. The molecule has 0 radical (unpaired) electrons. The molecule has 0 spiro atoms. The minimum atomic E-state index is 0.613. The molecule has 0 aliphatic carbocycles. The van der Waals surface area contributed by atoms with E-state index in [-0.39, 0.29) is 0 Å². The lowest BCUT2D eigenvalue weighted by atomic mass is 10.2. The summed E-state index contributed by atoms with van der Waals surface area (Å²) in [7, 11) is 1.97. The van der Waals surface area contributed by atoms with E-state index in [2.05, 4.69) is 56.4 Å². The summed E-state index contributed by atoms with van der Waals surface area (Å²) in [6.45, 7) is 4.85. The van der Waals surface area contributed by atoms with Crippen molar-refractivity contribution in [1.82, 2.24) is 20.1 Å². The van der Waals surface area contributed by atoms with E-state index in [9.17, 15) is 0 Å². The molecule has 6 nitrogen and oxygen atoms in total. The summed E-state index contributed by atoms with van der Waals surface area (Å²) in [6, 6.07) is 20.5. The smallest absolute Gasteiger partial charge is 0.251 e. The molecular formula is C23H26N6. The molecule has 1 aliphatic heterocycles. The normalized spacial score (nSPS) is 15.0. The maximum atomic E-state index is 4.75. The Bertz CT molecular complexity index is 920. The first-order valence-corrected chi connectivity index (χ1v) is 9.97. The van der Waals surface area contributed by atoms with Crippen molar-refractivity contribution >= 4 is 23.5 Å². The molecular weight excluding hydrogens is 360 g/mol. The van der Waals surface area contributed by atoms with Crippen molar-refractivity contribution in [2.24, 2.45) is 0 Å². The number of benzene rings is 2. The van der Waals surface area contributed by atoms with Crippen molar-refractivity contribution in [2.75, 3.05) is 49.6 Å². The van der Waals surface area contributed by atoms with Crippen LogP contribution in [0.3, 0.4) is 0 Å². The van der Waals surface area contributed by atoms with Gasteiger partial charge in [0.2, 0.25) is 0 Å². The lowest BCUT2D eigenvalue weighted by Gasteiger charge is -2.34.